The first-order valence-corrected chi connectivity index (χ1v) is 6.18. The number of hydrogen-bond acceptors (Lipinski definition) is 1. The summed E-state index contributed by atoms with van der Waals surface area (Å²) in [5, 5.41) is 0. The molecule has 2 fully saturated rings. The van der Waals surface area contributed by atoms with Crippen molar-refractivity contribution in [2.24, 2.45) is 17.3 Å². The zero-order chi connectivity index (χ0) is 11.4. The first-order chi connectivity index (χ1) is 6.96. The van der Waals surface area contributed by atoms with E-state index < -0.39 is 0 Å². The van der Waals surface area contributed by atoms with E-state index in [2.05, 4.69) is 49.7 Å². The summed E-state index contributed by atoms with van der Waals surface area (Å²) < 4.78 is 1.97. The first-order valence-electron chi connectivity index (χ1n) is 5.48. The molecule has 0 amide bonds. The second kappa shape index (κ2) is 3.24. The van der Waals surface area contributed by atoms with Gasteiger partial charge in [-0.15, -0.1) is 0 Å². The van der Waals surface area contributed by atoms with Gasteiger partial charge in [0.1, 0.15) is 0 Å². The van der Waals surface area contributed by atoms with Crippen LogP contribution in [0.3, 0.4) is 0 Å². The summed E-state index contributed by atoms with van der Waals surface area (Å²) in [6, 6.07) is 0. The maximum Gasteiger partial charge on any atom is 0.0544 e. The molecule has 0 radical (unpaired) electrons. The molecular weight excluding hydrogens is 250 g/mol. The normalized spacial score (nSPS) is 38.2. The van der Waals surface area contributed by atoms with Gasteiger partial charge < -0.3 is 0 Å². The average Bonchev–Trinajstić information content (AvgIpc) is 2.78. The lowest BCUT2D eigenvalue weighted by Gasteiger charge is -2.21. The van der Waals surface area contributed by atoms with Gasteiger partial charge in [0.15, 0.2) is 0 Å². The molecule has 0 N–H and O–H groups in total. The Labute approximate surface area is 101 Å². The highest BCUT2D eigenvalue weighted by Gasteiger charge is 2.70. The van der Waals surface area contributed by atoms with Crippen molar-refractivity contribution in [3.8, 4) is 0 Å². The number of rotatable bonds is 3. The van der Waals surface area contributed by atoms with E-state index in [9.17, 15) is 0 Å². The largest absolute Gasteiger partial charge is 0.286 e. The van der Waals surface area contributed by atoms with Gasteiger partial charge >= 0.3 is 0 Å². The number of allylic oxidation sites excluding steroid dienone is 3. The Hall–Kier alpha value is -0.500. The molecule has 2 aliphatic rings. The molecule has 1 aliphatic heterocycles. The van der Waals surface area contributed by atoms with Crippen LogP contribution >= 0.6 is 16.1 Å². The van der Waals surface area contributed by atoms with Gasteiger partial charge in [-0.05, 0) is 6.42 Å². The van der Waals surface area contributed by atoms with Crippen LogP contribution in [0.15, 0.2) is 36.7 Å². The van der Waals surface area contributed by atoms with Crippen LogP contribution < -0.4 is 0 Å². The Morgan fingerprint density at radius 1 is 1.53 bits per heavy atom. The quantitative estimate of drug-likeness (QED) is 0.546. The van der Waals surface area contributed by atoms with Gasteiger partial charge in [0.2, 0.25) is 0 Å². The van der Waals surface area contributed by atoms with E-state index in [1.807, 2.05) is 3.93 Å². The Balaban J connectivity index is 2.21. The first kappa shape index (κ1) is 11.0. The molecule has 0 spiro atoms. The predicted molar refractivity (Wildman–Crippen MR) is 68.2 cm³/mol. The molecular formula is C13H18BrN. The van der Waals surface area contributed by atoms with Crippen molar-refractivity contribution in [2.75, 3.05) is 0 Å². The van der Waals surface area contributed by atoms with Crippen molar-refractivity contribution >= 4 is 16.1 Å². The molecule has 1 heterocycles. The highest BCUT2D eigenvalue weighted by atomic mass is 79.9. The third-order valence-corrected chi connectivity index (χ3v) is 4.88. The smallest absolute Gasteiger partial charge is 0.0544 e. The summed E-state index contributed by atoms with van der Waals surface area (Å²) in [7, 11) is 0. The van der Waals surface area contributed by atoms with Crippen molar-refractivity contribution in [1.82, 2.24) is 3.93 Å². The van der Waals surface area contributed by atoms with Crippen LogP contribution in [0.4, 0.5) is 0 Å². The fraction of sp³-hybridized carbons (Fsp3) is 0.538. The molecule has 3 atom stereocenters. The summed E-state index contributed by atoms with van der Waals surface area (Å²) in [4.78, 5) is 0. The summed E-state index contributed by atoms with van der Waals surface area (Å²) >= 11 is 3.50. The molecule has 0 bridgehead atoms. The van der Waals surface area contributed by atoms with Crippen LogP contribution in [0.5, 0.6) is 0 Å². The van der Waals surface area contributed by atoms with Gasteiger partial charge in [0, 0.05) is 28.6 Å². The number of piperidine rings is 1. The molecule has 15 heavy (non-hydrogen) atoms. The summed E-state index contributed by atoms with van der Waals surface area (Å²) in [5.74, 6) is 1.11. The number of halogens is 1. The molecule has 0 aromatic carbocycles. The molecule has 82 valence electrons. The molecule has 0 aromatic rings. The topological polar surface area (TPSA) is 3.24 Å². The fourth-order valence-corrected chi connectivity index (χ4v) is 3.66. The van der Waals surface area contributed by atoms with E-state index in [0.717, 1.165) is 17.8 Å². The number of hydrogen-bond donors (Lipinski definition) is 0. The van der Waals surface area contributed by atoms with Crippen LogP contribution in [0.1, 0.15) is 26.7 Å². The Morgan fingerprint density at radius 3 is 2.53 bits per heavy atom. The molecule has 2 rings (SSSR count). The minimum Gasteiger partial charge on any atom is -0.286 e. The number of fused-ring (bicyclic) bond motifs is 1. The molecule has 1 saturated heterocycles. The number of nitrogens with zero attached hydrogens (tertiary/aromatic N) is 1. The third kappa shape index (κ3) is 1.20. The van der Waals surface area contributed by atoms with E-state index in [0.29, 0.717) is 11.8 Å². The summed E-state index contributed by atoms with van der Waals surface area (Å²) in [6.45, 7) is 17.0. The zero-order valence-corrected chi connectivity index (χ0v) is 11.1. The SMILES string of the molecule is C=C(CCC)C1C2C(=C)N(Br)C(=C)C12C. The van der Waals surface area contributed by atoms with Gasteiger partial charge in [0.25, 0.3) is 0 Å². The molecule has 1 saturated carbocycles. The Bertz CT molecular complexity index is 358. The van der Waals surface area contributed by atoms with E-state index >= 15 is 0 Å². The maximum absolute atomic E-state index is 4.21. The van der Waals surface area contributed by atoms with Gasteiger partial charge in [-0.2, -0.15) is 0 Å². The molecule has 0 aromatic heterocycles. The van der Waals surface area contributed by atoms with Gasteiger partial charge in [0.05, 0.1) is 16.1 Å². The minimum atomic E-state index is 0.187. The van der Waals surface area contributed by atoms with Crippen LogP contribution in [0, 0.1) is 17.3 Å². The summed E-state index contributed by atoms with van der Waals surface area (Å²) in [5.41, 5.74) is 3.84. The monoisotopic (exact) mass is 267 g/mol. The summed E-state index contributed by atoms with van der Waals surface area (Å²) in [6.07, 6.45) is 2.30. The standard InChI is InChI=1S/C13H18BrN/c1-6-7-8(2)11-12-9(3)15(14)10(4)13(11,12)5/h11-12H,2-4,6-7H2,1,5H3. The second-order valence-electron chi connectivity index (χ2n) is 4.87. The third-order valence-electron chi connectivity index (χ3n) is 4.00. The minimum absolute atomic E-state index is 0.187. The van der Waals surface area contributed by atoms with Crippen LogP contribution in [0.25, 0.3) is 0 Å². The zero-order valence-electron chi connectivity index (χ0n) is 9.52. The van der Waals surface area contributed by atoms with Gasteiger partial charge in [-0.3, -0.25) is 3.93 Å². The lowest BCUT2D eigenvalue weighted by molar-refractivity contribution is 0.553. The van der Waals surface area contributed by atoms with E-state index in [-0.39, 0.29) is 5.41 Å². The van der Waals surface area contributed by atoms with Gasteiger partial charge in [-0.1, -0.05) is 45.6 Å². The van der Waals surface area contributed by atoms with Crippen LogP contribution in [0.2, 0.25) is 0 Å². The van der Waals surface area contributed by atoms with Gasteiger partial charge in [-0.25, -0.2) is 0 Å². The molecule has 3 unspecified atom stereocenters. The van der Waals surface area contributed by atoms with Crippen molar-refractivity contribution in [2.45, 2.75) is 26.7 Å². The Morgan fingerprint density at radius 2 is 2.13 bits per heavy atom. The van der Waals surface area contributed by atoms with Crippen molar-refractivity contribution in [1.29, 1.82) is 0 Å². The Kier molecular flexibility index (Phi) is 2.38. The predicted octanol–water partition coefficient (Wildman–Crippen LogP) is 4.25. The lowest BCUT2D eigenvalue weighted by atomic mass is 9.97. The maximum atomic E-state index is 4.21. The highest BCUT2D eigenvalue weighted by Crippen LogP contribution is 2.74. The van der Waals surface area contributed by atoms with E-state index in [1.165, 1.54) is 12.0 Å². The van der Waals surface area contributed by atoms with Crippen LogP contribution in [-0.4, -0.2) is 3.93 Å². The highest BCUT2D eigenvalue weighted by molar-refractivity contribution is 9.07. The molecule has 1 aliphatic carbocycles. The van der Waals surface area contributed by atoms with Crippen molar-refractivity contribution in [3.63, 3.8) is 0 Å². The van der Waals surface area contributed by atoms with E-state index in [4.69, 9.17) is 0 Å². The van der Waals surface area contributed by atoms with Crippen molar-refractivity contribution < 1.29 is 0 Å². The average molecular weight is 268 g/mol. The van der Waals surface area contributed by atoms with Crippen LogP contribution in [-0.2, 0) is 0 Å². The fourth-order valence-electron chi connectivity index (χ4n) is 3.05. The molecule has 2 heteroatoms. The molecule has 1 nitrogen and oxygen atoms in total. The van der Waals surface area contributed by atoms with Crippen molar-refractivity contribution in [3.05, 3.63) is 36.7 Å². The second-order valence-corrected chi connectivity index (χ2v) is 5.57. The van der Waals surface area contributed by atoms with E-state index in [1.54, 1.807) is 0 Å². The lowest BCUT2D eigenvalue weighted by Crippen LogP contribution is -2.13.